The van der Waals surface area contributed by atoms with Crippen LogP contribution in [0.2, 0.25) is 0 Å². The number of halogens is 3. The van der Waals surface area contributed by atoms with Crippen molar-refractivity contribution in [2.45, 2.75) is 55.5 Å². The second-order valence-electron chi connectivity index (χ2n) is 5.79. The third-order valence-electron chi connectivity index (χ3n) is 3.86. The molecular weight excluding hydrogens is 337 g/mol. The van der Waals surface area contributed by atoms with E-state index in [-0.39, 0.29) is 5.91 Å². The quantitative estimate of drug-likeness (QED) is 0.597. The highest BCUT2D eigenvalue weighted by Crippen LogP contribution is 2.30. The van der Waals surface area contributed by atoms with E-state index in [1.54, 1.807) is 6.92 Å². The summed E-state index contributed by atoms with van der Waals surface area (Å²) >= 11 is 1.15. The van der Waals surface area contributed by atoms with Gasteiger partial charge in [-0.05, 0) is 51.2 Å². The summed E-state index contributed by atoms with van der Waals surface area (Å²) in [5.74, 6) is -0.127. The Hall–Kier alpha value is -1.50. The first kappa shape index (κ1) is 18.8. The van der Waals surface area contributed by atoms with Crippen molar-refractivity contribution in [2.75, 3.05) is 6.54 Å². The molecule has 24 heavy (non-hydrogen) atoms. The molecule has 0 radical (unpaired) electrons. The molecule has 1 heterocycles. The highest BCUT2D eigenvalue weighted by Gasteiger charge is 2.30. The Balaban J connectivity index is 1.77. The van der Waals surface area contributed by atoms with E-state index >= 15 is 0 Å². The minimum atomic E-state index is -4.40. The Morgan fingerprint density at radius 2 is 2.17 bits per heavy atom. The summed E-state index contributed by atoms with van der Waals surface area (Å²) in [6.45, 7) is 2.31. The fourth-order valence-electron chi connectivity index (χ4n) is 2.47. The summed E-state index contributed by atoms with van der Waals surface area (Å²) in [7, 11) is 0. The summed E-state index contributed by atoms with van der Waals surface area (Å²) in [5.41, 5.74) is 0.607. The van der Waals surface area contributed by atoms with E-state index in [1.807, 2.05) is 0 Å². The number of alkyl halides is 3. The van der Waals surface area contributed by atoms with Gasteiger partial charge in [-0.15, -0.1) is 0 Å². The highest BCUT2D eigenvalue weighted by atomic mass is 32.2. The Bertz CT molecular complexity index is 584. The molecule has 0 spiro atoms. The summed E-state index contributed by atoms with van der Waals surface area (Å²) in [4.78, 5) is 15.8. The van der Waals surface area contributed by atoms with Crippen LogP contribution < -0.4 is 5.32 Å². The Morgan fingerprint density at radius 3 is 2.75 bits per heavy atom. The van der Waals surface area contributed by atoms with Gasteiger partial charge in [0.15, 0.2) is 0 Å². The second kappa shape index (κ2) is 8.55. The number of nitrogens with zero attached hydrogens (tertiary/aromatic N) is 1. The van der Waals surface area contributed by atoms with Crippen LogP contribution in [-0.2, 0) is 11.0 Å². The van der Waals surface area contributed by atoms with Gasteiger partial charge in [0.1, 0.15) is 0 Å². The molecule has 3 nitrogen and oxygen atoms in total. The van der Waals surface area contributed by atoms with Gasteiger partial charge in [0.2, 0.25) is 5.91 Å². The van der Waals surface area contributed by atoms with E-state index in [9.17, 15) is 18.0 Å². The van der Waals surface area contributed by atoms with Crippen LogP contribution in [0.4, 0.5) is 13.2 Å². The van der Waals surface area contributed by atoms with Crippen LogP contribution in [-0.4, -0.2) is 22.7 Å². The number of allylic oxidation sites excluding steroid dienone is 1. The number of thioether (sulfide) groups is 1. The number of rotatable bonds is 6. The van der Waals surface area contributed by atoms with E-state index in [1.165, 1.54) is 24.5 Å². The van der Waals surface area contributed by atoms with Gasteiger partial charge < -0.3 is 5.32 Å². The minimum Gasteiger partial charge on any atom is -0.355 e. The number of aromatic nitrogens is 1. The molecule has 7 heteroatoms. The molecule has 1 aliphatic rings. The molecule has 1 unspecified atom stereocenters. The SMILES string of the molecule is CC(Sc1ccc(C(F)(F)F)cn1)C(=O)NCCC1=CCCCC1. The van der Waals surface area contributed by atoms with Gasteiger partial charge in [0.25, 0.3) is 0 Å². The number of hydrogen-bond acceptors (Lipinski definition) is 3. The van der Waals surface area contributed by atoms with Gasteiger partial charge >= 0.3 is 6.18 Å². The van der Waals surface area contributed by atoms with Crippen LogP contribution in [0.1, 0.15) is 44.6 Å². The summed E-state index contributed by atoms with van der Waals surface area (Å²) in [6.07, 6.45) is 4.19. The second-order valence-corrected chi connectivity index (χ2v) is 7.15. The average molecular weight is 358 g/mol. The molecule has 1 aromatic rings. The zero-order valence-electron chi connectivity index (χ0n) is 13.5. The number of pyridine rings is 1. The van der Waals surface area contributed by atoms with Crippen molar-refractivity contribution in [3.8, 4) is 0 Å². The predicted octanol–water partition coefficient (Wildman–Crippen LogP) is 4.59. The molecule has 0 aliphatic heterocycles. The topological polar surface area (TPSA) is 42.0 Å². The molecule has 0 saturated heterocycles. The number of carbonyl (C=O) groups excluding carboxylic acids is 1. The van der Waals surface area contributed by atoms with Gasteiger partial charge in [0.05, 0.1) is 15.8 Å². The lowest BCUT2D eigenvalue weighted by Gasteiger charge is -2.15. The number of hydrogen-bond donors (Lipinski definition) is 1. The number of nitrogens with one attached hydrogen (secondary N) is 1. The summed E-state index contributed by atoms with van der Waals surface area (Å²) in [5, 5.41) is 2.87. The van der Waals surface area contributed by atoms with Crippen molar-refractivity contribution in [2.24, 2.45) is 0 Å². The van der Waals surface area contributed by atoms with Crippen molar-refractivity contribution < 1.29 is 18.0 Å². The van der Waals surface area contributed by atoms with Gasteiger partial charge in [-0.25, -0.2) is 4.98 Å². The molecule has 1 aliphatic carbocycles. The zero-order valence-corrected chi connectivity index (χ0v) is 14.3. The Morgan fingerprint density at radius 1 is 1.38 bits per heavy atom. The predicted molar refractivity (Wildman–Crippen MR) is 88.7 cm³/mol. The lowest BCUT2D eigenvalue weighted by molar-refractivity contribution is -0.137. The number of carbonyl (C=O) groups is 1. The molecule has 2 rings (SSSR count). The van der Waals surface area contributed by atoms with Crippen molar-refractivity contribution in [1.29, 1.82) is 0 Å². The Kier molecular flexibility index (Phi) is 6.71. The fraction of sp³-hybridized carbons (Fsp3) is 0.529. The molecular formula is C17H21F3N2OS. The lowest BCUT2D eigenvalue weighted by Crippen LogP contribution is -2.31. The van der Waals surface area contributed by atoms with Crippen molar-refractivity contribution in [3.63, 3.8) is 0 Å². The first-order chi connectivity index (χ1) is 11.4. The van der Waals surface area contributed by atoms with E-state index in [2.05, 4.69) is 16.4 Å². The summed E-state index contributed by atoms with van der Waals surface area (Å²) < 4.78 is 37.5. The molecule has 0 bridgehead atoms. The van der Waals surface area contributed by atoms with Crippen LogP contribution in [0.3, 0.4) is 0 Å². The van der Waals surface area contributed by atoms with Crippen LogP contribution in [0.5, 0.6) is 0 Å². The Labute approximate surface area is 144 Å². The maximum absolute atomic E-state index is 12.5. The fourth-order valence-corrected chi connectivity index (χ4v) is 3.29. The van der Waals surface area contributed by atoms with E-state index in [4.69, 9.17) is 0 Å². The van der Waals surface area contributed by atoms with Crippen LogP contribution in [0.25, 0.3) is 0 Å². The molecule has 1 N–H and O–H groups in total. The zero-order chi connectivity index (χ0) is 17.6. The van der Waals surface area contributed by atoms with Gasteiger partial charge in [-0.2, -0.15) is 13.2 Å². The summed E-state index contributed by atoms with van der Waals surface area (Å²) in [6, 6.07) is 2.28. The molecule has 0 saturated carbocycles. The van der Waals surface area contributed by atoms with Crippen molar-refractivity contribution >= 4 is 17.7 Å². The molecule has 1 aromatic heterocycles. The lowest BCUT2D eigenvalue weighted by atomic mass is 9.97. The molecule has 132 valence electrons. The van der Waals surface area contributed by atoms with Crippen LogP contribution in [0.15, 0.2) is 35.0 Å². The van der Waals surface area contributed by atoms with Crippen molar-refractivity contribution in [3.05, 3.63) is 35.5 Å². The maximum Gasteiger partial charge on any atom is 0.417 e. The molecule has 1 atom stereocenters. The van der Waals surface area contributed by atoms with Crippen LogP contribution >= 0.6 is 11.8 Å². The van der Waals surface area contributed by atoms with E-state index in [0.29, 0.717) is 11.6 Å². The first-order valence-corrected chi connectivity index (χ1v) is 8.90. The van der Waals surface area contributed by atoms with Gasteiger partial charge in [-0.1, -0.05) is 23.4 Å². The normalized spacial score (nSPS) is 16.4. The molecule has 0 fully saturated rings. The molecule has 1 amide bonds. The monoisotopic (exact) mass is 358 g/mol. The van der Waals surface area contributed by atoms with Crippen molar-refractivity contribution in [1.82, 2.24) is 10.3 Å². The number of amides is 1. The standard InChI is InChI=1S/C17H21F3N2OS/c1-12(16(23)21-10-9-13-5-3-2-4-6-13)24-15-8-7-14(11-22-15)17(18,19)20/h5,7-8,11-12H,2-4,6,9-10H2,1H3,(H,21,23). The smallest absolute Gasteiger partial charge is 0.355 e. The highest BCUT2D eigenvalue weighted by molar-refractivity contribution is 8.00. The first-order valence-electron chi connectivity index (χ1n) is 8.02. The van der Waals surface area contributed by atoms with Gasteiger partial charge in [-0.3, -0.25) is 4.79 Å². The van der Waals surface area contributed by atoms with Crippen LogP contribution in [0, 0.1) is 0 Å². The van der Waals surface area contributed by atoms with Gasteiger partial charge in [0, 0.05) is 12.7 Å². The maximum atomic E-state index is 12.5. The third-order valence-corrected chi connectivity index (χ3v) is 4.91. The minimum absolute atomic E-state index is 0.127. The third kappa shape index (κ3) is 5.85. The van der Waals surface area contributed by atoms with E-state index < -0.39 is 17.0 Å². The molecule has 0 aromatic carbocycles. The average Bonchev–Trinajstić information content (AvgIpc) is 2.55. The van der Waals surface area contributed by atoms with E-state index in [0.717, 1.165) is 43.3 Å². The largest absolute Gasteiger partial charge is 0.417 e.